The maximum absolute atomic E-state index is 12.6. The number of halogens is 1. The molecule has 0 spiro atoms. The van der Waals surface area contributed by atoms with Gasteiger partial charge >= 0.3 is 0 Å². The zero-order chi connectivity index (χ0) is 20.6. The molecule has 0 unspecified atom stereocenters. The number of nitrogens with zero attached hydrogens (tertiary/aromatic N) is 1. The first-order valence-electron chi connectivity index (χ1n) is 8.83. The van der Waals surface area contributed by atoms with E-state index in [0.717, 1.165) is 21.0 Å². The number of para-hydroxylation sites is 1. The molecule has 0 bridgehead atoms. The smallest absolute Gasteiger partial charge is 0.267 e. The molecule has 0 fully saturated rings. The first kappa shape index (κ1) is 20.5. The Hall–Kier alpha value is -3.20. The first-order chi connectivity index (χ1) is 14.1. The molecular weight excluding hydrogens is 402 g/mol. The molecule has 0 aromatic heterocycles. The normalized spacial score (nSPS) is 10.9. The van der Waals surface area contributed by atoms with E-state index in [1.54, 1.807) is 23.9 Å². The Morgan fingerprint density at radius 1 is 1.03 bits per heavy atom. The first-order valence-corrected chi connectivity index (χ1v) is 10.0. The molecule has 4 nitrogen and oxygen atoms in total. The number of nitriles is 1. The predicted octanol–water partition coefficient (Wildman–Crippen LogP) is 6.26. The van der Waals surface area contributed by atoms with Crippen molar-refractivity contribution in [2.75, 3.05) is 10.6 Å². The van der Waals surface area contributed by atoms with Crippen LogP contribution in [0.4, 0.5) is 11.4 Å². The average Bonchev–Trinajstić information content (AvgIpc) is 2.73. The molecule has 0 atom stereocenters. The zero-order valence-electron chi connectivity index (χ0n) is 15.6. The van der Waals surface area contributed by atoms with Crippen LogP contribution in [0.25, 0.3) is 0 Å². The van der Waals surface area contributed by atoms with Crippen molar-refractivity contribution in [3.05, 3.63) is 95.2 Å². The van der Waals surface area contributed by atoms with Crippen LogP contribution in [0.2, 0.25) is 5.02 Å². The third-order valence-corrected chi connectivity index (χ3v) is 5.36. The second-order valence-electron chi connectivity index (χ2n) is 6.14. The van der Waals surface area contributed by atoms with E-state index in [1.165, 1.54) is 6.20 Å². The standard InChI is InChI=1S/C23H18ClN3OS/c1-16-11-12-18(24)13-21(16)26-15-17(14-25)23(28)27-20-9-5-6-10-22(20)29-19-7-3-2-4-8-19/h2-13,15,26H,1H3,(H,27,28)/b17-15-. The van der Waals surface area contributed by atoms with Gasteiger partial charge in [0.15, 0.2) is 0 Å². The van der Waals surface area contributed by atoms with Gasteiger partial charge in [-0.15, -0.1) is 0 Å². The molecule has 2 N–H and O–H groups in total. The lowest BCUT2D eigenvalue weighted by Crippen LogP contribution is -2.15. The molecule has 3 rings (SSSR count). The molecule has 3 aromatic carbocycles. The Morgan fingerprint density at radius 3 is 2.52 bits per heavy atom. The number of carbonyl (C=O) groups excluding carboxylic acids is 1. The van der Waals surface area contributed by atoms with E-state index >= 15 is 0 Å². The van der Waals surface area contributed by atoms with Gasteiger partial charge < -0.3 is 10.6 Å². The van der Waals surface area contributed by atoms with Crippen molar-refractivity contribution >= 4 is 40.6 Å². The van der Waals surface area contributed by atoms with Crippen LogP contribution in [-0.2, 0) is 4.79 Å². The Bertz CT molecular complexity index is 1090. The molecule has 29 heavy (non-hydrogen) atoms. The number of rotatable bonds is 6. The van der Waals surface area contributed by atoms with Gasteiger partial charge in [-0.25, -0.2) is 0 Å². The van der Waals surface area contributed by atoms with Crippen molar-refractivity contribution in [2.24, 2.45) is 0 Å². The van der Waals surface area contributed by atoms with Gasteiger partial charge in [-0.2, -0.15) is 5.26 Å². The summed E-state index contributed by atoms with van der Waals surface area (Å²) in [5.74, 6) is -0.485. The maximum atomic E-state index is 12.6. The minimum atomic E-state index is -0.485. The third-order valence-electron chi connectivity index (χ3n) is 4.04. The average molecular weight is 420 g/mol. The second kappa shape index (κ2) is 9.83. The fraction of sp³-hybridized carbons (Fsp3) is 0.0435. The van der Waals surface area contributed by atoms with Crippen molar-refractivity contribution in [3.63, 3.8) is 0 Å². The Balaban J connectivity index is 1.76. The summed E-state index contributed by atoms with van der Waals surface area (Å²) >= 11 is 7.55. The van der Waals surface area contributed by atoms with E-state index in [0.29, 0.717) is 10.7 Å². The van der Waals surface area contributed by atoms with Crippen LogP contribution in [0.5, 0.6) is 0 Å². The number of benzene rings is 3. The predicted molar refractivity (Wildman–Crippen MR) is 119 cm³/mol. The van der Waals surface area contributed by atoms with E-state index in [1.807, 2.05) is 73.7 Å². The Morgan fingerprint density at radius 2 is 1.76 bits per heavy atom. The number of anilines is 2. The van der Waals surface area contributed by atoms with E-state index in [2.05, 4.69) is 10.6 Å². The topological polar surface area (TPSA) is 64.9 Å². The number of amides is 1. The minimum Gasteiger partial charge on any atom is -0.360 e. The van der Waals surface area contributed by atoms with E-state index in [4.69, 9.17) is 11.6 Å². The van der Waals surface area contributed by atoms with Crippen LogP contribution in [0.3, 0.4) is 0 Å². The lowest BCUT2D eigenvalue weighted by Gasteiger charge is -2.11. The number of carbonyl (C=O) groups is 1. The maximum Gasteiger partial charge on any atom is 0.267 e. The molecule has 6 heteroatoms. The summed E-state index contributed by atoms with van der Waals surface area (Å²) in [4.78, 5) is 14.6. The summed E-state index contributed by atoms with van der Waals surface area (Å²) in [5, 5.41) is 15.8. The number of hydrogen-bond donors (Lipinski definition) is 2. The van der Waals surface area contributed by atoms with Gasteiger partial charge in [-0.05, 0) is 48.9 Å². The van der Waals surface area contributed by atoms with Gasteiger partial charge in [0.2, 0.25) is 0 Å². The van der Waals surface area contributed by atoms with Crippen LogP contribution in [0.15, 0.2) is 94.4 Å². The molecule has 0 aliphatic heterocycles. The van der Waals surface area contributed by atoms with Crippen LogP contribution >= 0.6 is 23.4 Å². The summed E-state index contributed by atoms with van der Waals surface area (Å²) in [7, 11) is 0. The van der Waals surface area contributed by atoms with Gasteiger partial charge in [-0.1, -0.05) is 59.8 Å². The summed E-state index contributed by atoms with van der Waals surface area (Å²) in [6.07, 6.45) is 1.39. The lowest BCUT2D eigenvalue weighted by molar-refractivity contribution is -0.112. The molecule has 1 amide bonds. The fourth-order valence-corrected chi connectivity index (χ4v) is 3.61. The summed E-state index contributed by atoms with van der Waals surface area (Å²) in [6, 6.07) is 24.7. The fourth-order valence-electron chi connectivity index (χ4n) is 2.51. The molecule has 0 aliphatic carbocycles. The second-order valence-corrected chi connectivity index (χ2v) is 7.69. The van der Waals surface area contributed by atoms with Gasteiger partial charge in [0.1, 0.15) is 11.6 Å². The number of aryl methyl sites for hydroxylation is 1. The minimum absolute atomic E-state index is 0.0381. The SMILES string of the molecule is Cc1ccc(Cl)cc1N/C=C(/C#N)C(=O)Nc1ccccc1Sc1ccccc1. The molecule has 3 aromatic rings. The molecule has 144 valence electrons. The Labute approximate surface area is 179 Å². The summed E-state index contributed by atoms with van der Waals surface area (Å²) in [5.41, 5.74) is 2.29. The monoisotopic (exact) mass is 419 g/mol. The van der Waals surface area contributed by atoms with Crippen molar-refractivity contribution in [1.82, 2.24) is 0 Å². The van der Waals surface area contributed by atoms with Crippen LogP contribution in [0.1, 0.15) is 5.56 Å². The van der Waals surface area contributed by atoms with Gasteiger partial charge in [-0.3, -0.25) is 4.79 Å². The lowest BCUT2D eigenvalue weighted by atomic mass is 10.2. The van der Waals surface area contributed by atoms with E-state index < -0.39 is 5.91 Å². The highest BCUT2D eigenvalue weighted by Gasteiger charge is 2.12. The molecule has 0 saturated heterocycles. The van der Waals surface area contributed by atoms with Crippen LogP contribution in [0, 0.1) is 18.3 Å². The molecule has 0 aliphatic rings. The van der Waals surface area contributed by atoms with Gasteiger partial charge in [0, 0.05) is 26.7 Å². The number of nitrogens with one attached hydrogen (secondary N) is 2. The number of hydrogen-bond acceptors (Lipinski definition) is 4. The third kappa shape index (κ3) is 5.64. The van der Waals surface area contributed by atoms with Crippen LogP contribution < -0.4 is 10.6 Å². The molecule has 0 heterocycles. The van der Waals surface area contributed by atoms with Crippen molar-refractivity contribution in [1.29, 1.82) is 5.26 Å². The molecular formula is C23H18ClN3OS. The Kier molecular flexibility index (Phi) is 6.96. The molecule has 0 saturated carbocycles. The van der Waals surface area contributed by atoms with Crippen molar-refractivity contribution in [3.8, 4) is 6.07 Å². The highest BCUT2D eigenvalue weighted by atomic mass is 35.5. The highest BCUT2D eigenvalue weighted by Crippen LogP contribution is 2.33. The molecule has 0 radical (unpaired) electrons. The van der Waals surface area contributed by atoms with Crippen molar-refractivity contribution in [2.45, 2.75) is 16.7 Å². The van der Waals surface area contributed by atoms with Crippen molar-refractivity contribution < 1.29 is 4.79 Å². The van der Waals surface area contributed by atoms with Gasteiger partial charge in [0.25, 0.3) is 5.91 Å². The van der Waals surface area contributed by atoms with E-state index in [-0.39, 0.29) is 5.57 Å². The highest BCUT2D eigenvalue weighted by molar-refractivity contribution is 7.99. The summed E-state index contributed by atoms with van der Waals surface area (Å²) < 4.78 is 0. The van der Waals surface area contributed by atoms with Gasteiger partial charge in [0.05, 0.1) is 5.69 Å². The quantitative estimate of drug-likeness (QED) is 0.365. The van der Waals surface area contributed by atoms with E-state index in [9.17, 15) is 10.1 Å². The zero-order valence-corrected chi connectivity index (χ0v) is 17.2. The summed E-state index contributed by atoms with van der Waals surface area (Å²) in [6.45, 7) is 1.91. The largest absolute Gasteiger partial charge is 0.360 e. The van der Waals surface area contributed by atoms with Crippen LogP contribution in [-0.4, -0.2) is 5.91 Å².